The summed E-state index contributed by atoms with van der Waals surface area (Å²) in [5, 5.41) is 0. The van der Waals surface area contributed by atoms with Crippen molar-refractivity contribution in [1.82, 2.24) is 0 Å². The standard InChI is InChI=1S/C14H14BrNS/c15-13-6-7-14(12(8-13)9-16)17-10-11-4-2-1-3-5-11/h1-8H,9-10,16H2. The Hall–Kier alpha value is -0.770. The van der Waals surface area contributed by atoms with E-state index in [1.807, 2.05) is 17.8 Å². The second-order valence-corrected chi connectivity index (χ2v) is 5.66. The minimum atomic E-state index is 0.580. The lowest BCUT2D eigenvalue weighted by molar-refractivity contribution is 1.02. The number of rotatable bonds is 4. The monoisotopic (exact) mass is 307 g/mol. The molecule has 17 heavy (non-hydrogen) atoms. The molecule has 0 aromatic heterocycles. The molecule has 0 fully saturated rings. The minimum Gasteiger partial charge on any atom is -0.326 e. The van der Waals surface area contributed by atoms with Gasteiger partial charge in [-0.05, 0) is 29.3 Å². The zero-order valence-corrected chi connectivity index (χ0v) is 11.8. The van der Waals surface area contributed by atoms with E-state index in [0.29, 0.717) is 6.54 Å². The third-order valence-electron chi connectivity index (χ3n) is 2.48. The van der Waals surface area contributed by atoms with Crippen LogP contribution < -0.4 is 5.73 Å². The maximum absolute atomic E-state index is 5.75. The number of benzene rings is 2. The third-order valence-corrected chi connectivity index (χ3v) is 4.16. The molecule has 0 spiro atoms. The van der Waals surface area contributed by atoms with E-state index < -0.39 is 0 Å². The van der Waals surface area contributed by atoms with Gasteiger partial charge in [0.05, 0.1) is 0 Å². The van der Waals surface area contributed by atoms with Gasteiger partial charge in [0.15, 0.2) is 0 Å². The van der Waals surface area contributed by atoms with E-state index in [1.165, 1.54) is 16.0 Å². The molecule has 0 atom stereocenters. The summed E-state index contributed by atoms with van der Waals surface area (Å²) >= 11 is 5.30. The van der Waals surface area contributed by atoms with Crippen LogP contribution in [0.3, 0.4) is 0 Å². The summed E-state index contributed by atoms with van der Waals surface area (Å²) in [6, 6.07) is 16.8. The third kappa shape index (κ3) is 3.60. The molecule has 2 aromatic rings. The van der Waals surface area contributed by atoms with Crippen LogP contribution in [0.25, 0.3) is 0 Å². The largest absolute Gasteiger partial charge is 0.326 e. The summed E-state index contributed by atoms with van der Waals surface area (Å²) in [5.74, 6) is 0.982. The van der Waals surface area contributed by atoms with Gasteiger partial charge in [0.2, 0.25) is 0 Å². The topological polar surface area (TPSA) is 26.0 Å². The van der Waals surface area contributed by atoms with E-state index in [4.69, 9.17) is 5.73 Å². The predicted octanol–water partition coefficient (Wildman–Crippen LogP) is 4.20. The van der Waals surface area contributed by atoms with Crippen molar-refractivity contribution < 1.29 is 0 Å². The normalized spacial score (nSPS) is 10.5. The zero-order valence-electron chi connectivity index (χ0n) is 9.40. The summed E-state index contributed by atoms with van der Waals surface area (Å²) in [6.45, 7) is 0.580. The van der Waals surface area contributed by atoms with Crippen LogP contribution in [-0.4, -0.2) is 0 Å². The molecule has 3 heteroatoms. The van der Waals surface area contributed by atoms with E-state index in [2.05, 4.69) is 58.4 Å². The molecule has 0 saturated heterocycles. The molecule has 0 heterocycles. The van der Waals surface area contributed by atoms with E-state index in [1.54, 1.807) is 0 Å². The Morgan fingerprint density at radius 3 is 2.53 bits per heavy atom. The van der Waals surface area contributed by atoms with Crippen LogP contribution in [0.15, 0.2) is 57.9 Å². The Balaban J connectivity index is 2.09. The molecule has 0 amide bonds. The molecule has 2 rings (SSSR count). The lowest BCUT2D eigenvalue weighted by atomic mass is 10.2. The lowest BCUT2D eigenvalue weighted by Crippen LogP contribution is -1.98. The molecule has 1 nitrogen and oxygen atoms in total. The first-order valence-electron chi connectivity index (χ1n) is 5.45. The molecule has 0 radical (unpaired) electrons. The van der Waals surface area contributed by atoms with Crippen LogP contribution in [-0.2, 0) is 12.3 Å². The summed E-state index contributed by atoms with van der Waals surface area (Å²) in [5.41, 5.74) is 8.29. The van der Waals surface area contributed by atoms with Crippen molar-refractivity contribution in [1.29, 1.82) is 0 Å². The van der Waals surface area contributed by atoms with Gasteiger partial charge in [-0.2, -0.15) is 0 Å². The van der Waals surface area contributed by atoms with E-state index in [-0.39, 0.29) is 0 Å². The zero-order chi connectivity index (χ0) is 12.1. The maximum Gasteiger partial charge on any atom is 0.0232 e. The van der Waals surface area contributed by atoms with Crippen LogP contribution >= 0.6 is 27.7 Å². The Morgan fingerprint density at radius 2 is 1.82 bits per heavy atom. The summed E-state index contributed by atoms with van der Waals surface area (Å²) in [6.07, 6.45) is 0. The second kappa shape index (κ2) is 6.24. The van der Waals surface area contributed by atoms with Crippen molar-refractivity contribution in [3.63, 3.8) is 0 Å². The fourth-order valence-electron chi connectivity index (χ4n) is 1.58. The van der Waals surface area contributed by atoms with Gasteiger partial charge >= 0.3 is 0 Å². The van der Waals surface area contributed by atoms with Gasteiger partial charge in [0, 0.05) is 21.7 Å². The highest BCUT2D eigenvalue weighted by Crippen LogP contribution is 2.28. The molecular formula is C14H14BrNS. The van der Waals surface area contributed by atoms with E-state index >= 15 is 0 Å². The molecule has 0 aliphatic rings. The quantitative estimate of drug-likeness (QED) is 0.857. The van der Waals surface area contributed by atoms with Gasteiger partial charge in [-0.1, -0.05) is 46.3 Å². The average molecular weight is 308 g/mol. The highest BCUT2D eigenvalue weighted by molar-refractivity contribution is 9.10. The second-order valence-electron chi connectivity index (χ2n) is 3.73. The lowest BCUT2D eigenvalue weighted by Gasteiger charge is -2.08. The summed E-state index contributed by atoms with van der Waals surface area (Å²) < 4.78 is 1.09. The van der Waals surface area contributed by atoms with Crippen LogP contribution in [0.5, 0.6) is 0 Å². The van der Waals surface area contributed by atoms with Gasteiger partial charge in [-0.15, -0.1) is 11.8 Å². The van der Waals surface area contributed by atoms with Crippen molar-refractivity contribution in [3.8, 4) is 0 Å². The maximum atomic E-state index is 5.75. The molecular weight excluding hydrogens is 294 g/mol. The first kappa shape index (κ1) is 12.7. The number of hydrogen-bond donors (Lipinski definition) is 1. The average Bonchev–Trinajstić information content (AvgIpc) is 2.38. The van der Waals surface area contributed by atoms with Gasteiger partial charge in [0.25, 0.3) is 0 Å². The minimum absolute atomic E-state index is 0.580. The molecule has 0 aliphatic heterocycles. The highest BCUT2D eigenvalue weighted by Gasteiger charge is 2.03. The molecule has 88 valence electrons. The molecule has 0 aliphatic carbocycles. The molecule has 0 unspecified atom stereocenters. The highest BCUT2D eigenvalue weighted by atomic mass is 79.9. The Labute approximate surface area is 115 Å². The molecule has 2 aromatic carbocycles. The number of hydrogen-bond acceptors (Lipinski definition) is 2. The summed E-state index contributed by atoms with van der Waals surface area (Å²) in [7, 11) is 0. The fraction of sp³-hybridized carbons (Fsp3) is 0.143. The van der Waals surface area contributed by atoms with E-state index in [9.17, 15) is 0 Å². The van der Waals surface area contributed by atoms with Gasteiger partial charge in [-0.25, -0.2) is 0 Å². The number of thioether (sulfide) groups is 1. The molecule has 2 N–H and O–H groups in total. The smallest absolute Gasteiger partial charge is 0.0232 e. The van der Waals surface area contributed by atoms with Gasteiger partial charge < -0.3 is 5.73 Å². The Kier molecular flexibility index (Phi) is 4.66. The number of nitrogens with two attached hydrogens (primary N) is 1. The van der Waals surface area contributed by atoms with E-state index in [0.717, 1.165) is 10.2 Å². The Morgan fingerprint density at radius 1 is 1.06 bits per heavy atom. The first-order valence-corrected chi connectivity index (χ1v) is 7.22. The van der Waals surface area contributed by atoms with Crippen LogP contribution in [0.1, 0.15) is 11.1 Å². The molecule has 0 bridgehead atoms. The fourth-order valence-corrected chi connectivity index (χ4v) is 3.00. The van der Waals surface area contributed by atoms with Crippen LogP contribution in [0, 0.1) is 0 Å². The first-order chi connectivity index (χ1) is 8.29. The van der Waals surface area contributed by atoms with Crippen molar-refractivity contribution in [3.05, 3.63) is 64.1 Å². The van der Waals surface area contributed by atoms with Crippen molar-refractivity contribution in [2.24, 2.45) is 5.73 Å². The van der Waals surface area contributed by atoms with Crippen molar-refractivity contribution >= 4 is 27.7 Å². The van der Waals surface area contributed by atoms with Gasteiger partial charge in [-0.3, -0.25) is 0 Å². The van der Waals surface area contributed by atoms with Crippen molar-refractivity contribution in [2.75, 3.05) is 0 Å². The summed E-state index contributed by atoms with van der Waals surface area (Å²) in [4.78, 5) is 1.26. The predicted molar refractivity (Wildman–Crippen MR) is 78.0 cm³/mol. The number of halogens is 1. The SMILES string of the molecule is NCc1cc(Br)ccc1SCc1ccccc1. The van der Waals surface area contributed by atoms with Gasteiger partial charge in [0.1, 0.15) is 0 Å². The molecule has 0 saturated carbocycles. The Bertz CT molecular complexity index is 485. The van der Waals surface area contributed by atoms with Crippen molar-refractivity contribution in [2.45, 2.75) is 17.2 Å². The van der Waals surface area contributed by atoms with Crippen LogP contribution in [0.2, 0.25) is 0 Å². The van der Waals surface area contributed by atoms with Crippen LogP contribution in [0.4, 0.5) is 0 Å².